The molecule has 3 aromatic rings. The summed E-state index contributed by atoms with van der Waals surface area (Å²) in [6.45, 7) is 2.88. The average molecular weight is 363 g/mol. The van der Waals surface area contributed by atoms with Crippen molar-refractivity contribution in [3.63, 3.8) is 0 Å². The summed E-state index contributed by atoms with van der Waals surface area (Å²) in [5, 5.41) is 8.63. The molecule has 0 saturated heterocycles. The van der Waals surface area contributed by atoms with Crippen LogP contribution in [0, 0.1) is 0 Å². The van der Waals surface area contributed by atoms with Crippen molar-refractivity contribution in [1.29, 1.82) is 0 Å². The van der Waals surface area contributed by atoms with E-state index in [0.717, 1.165) is 16.1 Å². The fraction of sp³-hybridized carbons (Fsp3) is 0.200. The number of aromatic nitrogens is 3. The maximum Gasteiger partial charge on any atom is 0.183 e. The highest BCUT2D eigenvalue weighted by molar-refractivity contribution is 9.10. The predicted molar refractivity (Wildman–Crippen MR) is 89.6 cm³/mol. The Bertz CT molecular complexity index is 707. The number of hydrogen-bond donors (Lipinski definition) is 1. The number of rotatable bonds is 5. The number of thiazole rings is 1. The van der Waals surface area contributed by atoms with Crippen molar-refractivity contribution in [3.05, 3.63) is 63.8 Å². The van der Waals surface area contributed by atoms with Crippen molar-refractivity contribution in [2.75, 3.05) is 5.32 Å². The van der Waals surface area contributed by atoms with E-state index in [4.69, 9.17) is 0 Å². The van der Waals surface area contributed by atoms with Gasteiger partial charge in [0.1, 0.15) is 0 Å². The first-order valence-corrected chi connectivity index (χ1v) is 8.26. The van der Waals surface area contributed by atoms with Crippen LogP contribution in [0.2, 0.25) is 0 Å². The van der Waals surface area contributed by atoms with Crippen LogP contribution >= 0.6 is 27.3 Å². The van der Waals surface area contributed by atoms with Crippen LogP contribution in [-0.2, 0) is 6.54 Å². The molecule has 0 aliphatic rings. The van der Waals surface area contributed by atoms with Gasteiger partial charge in [-0.2, -0.15) is 5.10 Å². The van der Waals surface area contributed by atoms with Crippen LogP contribution in [0.15, 0.2) is 53.4 Å². The van der Waals surface area contributed by atoms with E-state index in [1.165, 1.54) is 10.4 Å². The van der Waals surface area contributed by atoms with Crippen LogP contribution in [0.1, 0.15) is 23.4 Å². The smallest absolute Gasteiger partial charge is 0.183 e. The lowest BCUT2D eigenvalue weighted by molar-refractivity contribution is 0.693. The molecular weight excluding hydrogens is 348 g/mol. The van der Waals surface area contributed by atoms with Crippen LogP contribution in [0.4, 0.5) is 5.13 Å². The first kappa shape index (κ1) is 14.3. The number of benzene rings is 1. The van der Waals surface area contributed by atoms with E-state index in [2.05, 4.69) is 62.5 Å². The largest absolute Gasteiger partial charge is 0.355 e. The Morgan fingerprint density at radius 2 is 2.10 bits per heavy atom. The van der Waals surface area contributed by atoms with Crippen molar-refractivity contribution in [3.8, 4) is 0 Å². The van der Waals surface area contributed by atoms with E-state index in [9.17, 15) is 0 Å². The summed E-state index contributed by atoms with van der Waals surface area (Å²) in [6, 6.07) is 10.6. The molecular formula is C15H15BrN4S. The fourth-order valence-electron chi connectivity index (χ4n) is 2.04. The van der Waals surface area contributed by atoms with Gasteiger partial charge in [0.05, 0.1) is 23.3 Å². The summed E-state index contributed by atoms with van der Waals surface area (Å²) in [5.74, 6) is 0. The van der Waals surface area contributed by atoms with E-state index in [1.54, 1.807) is 17.5 Å². The van der Waals surface area contributed by atoms with Crippen LogP contribution in [-0.4, -0.2) is 14.8 Å². The molecule has 108 valence electrons. The van der Waals surface area contributed by atoms with Crippen LogP contribution in [0.5, 0.6) is 0 Å². The minimum atomic E-state index is 0.240. The Kier molecular flexibility index (Phi) is 4.36. The molecule has 0 radical (unpaired) electrons. The summed E-state index contributed by atoms with van der Waals surface area (Å²) in [5.41, 5.74) is 1.25. The lowest BCUT2D eigenvalue weighted by Gasteiger charge is -2.12. The van der Waals surface area contributed by atoms with E-state index in [-0.39, 0.29) is 6.04 Å². The molecule has 3 rings (SSSR count). The van der Waals surface area contributed by atoms with Gasteiger partial charge in [0.15, 0.2) is 5.13 Å². The molecule has 2 heterocycles. The van der Waals surface area contributed by atoms with Crippen molar-refractivity contribution in [2.45, 2.75) is 19.5 Å². The van der Waals surface area contributed by atoms with Gasteiger partial charge in [-0.15, -0.1) is 11.3 Å². The van der Waals surface area contributed by atoms with Gasteiger partial charge in [-0.05, 0) is 28.4 Å². The zero-order valence-corrected chi connectivity index (χ0v) is 13.9. The minimum Gasteiger partial charge on any atom is -0.355 e. The van der Waals surface area contributed by atoms with Gasteiger partial charge >= 0.3 is 0 Å². The number of halogens is 1. The molecule has 0 aliphatic heterocycles. The minimum absolute atomic E-state index is 0.240. The van der Waals surface area contributed by atoms with Crippen molar-refractivity contribution in [1.82, 2.24) is 14.8 Å². The SMILES string of the molecule is CC(Nc1ncc(Cn2cc(Br)cn2)s1)c1ccccc1. The molecule has 21 heavy (non-hydrogen) atoms. The van der Waals surface area contributed by atoms with Crippen molar-refractivity contribution < 1.29 is 0 Å². The third-order valence-electron chi connectivity index (χ3n) is 3.11. The molecule has 0 amide bonds. The van der Waals surface area contributed by atoms with Crippen LogP contribution in [0.3, 0.4) is 0 Å². The molecule has 2 aromatic heterocycles. The molecule has 0 saturated carbocycles. The highest BCUT2D eigenvalue weighted by Crippen LogP contribution is 2.24. The first-order valence-electron chi connectivity index (χ1n) is 6.65. The van der Waals surface area contributed by atoms with Crippen LogP contribution < -0.4 is 5.32 Å². The molecule has 4 nitrogen and oxygen atoms in total. The normalized spacial score (nSPS) is 12.3. The van der Waals surface area contributed by atoms with Gasteiger partial charge in [0.25, 0.3) is 0 Å². The Hall–Kier alpha value is -1.66. The van der Waals surface area contributed by atoms with Gasteiger partial charge in [0, 0.05) is 17.3 Å². The predicted octanol–water partition coefficient (Wildman–Crippen LogP) is 4.32. The molecule has 1 N–H and O–H groups in total. The Morgan fingerprint density at radius 3 is 2.81 bits per heavy atom. The molecule has 6 heteroatoms. The maximum absolute atomic E-state index is 4.44. The molecule has 1 atom stereocenters. The molecule has 0 spiro atoms. The third-order valence-corrected chi connectivity index (χ3v) is 4.44. The summed E-state index contributed by atoms with van der Waals surface area (Å²) >= 11 is 5.06. The quantitative estimate of drug-likeness (QED) is 0.734. The third kappa shape index (κ3) is 3.71. The average Bonchev–Trinajstić information content (AvgIpc) is 3.09. The second-order valence-corrected chi connectivity index (χ2v) is 6.80. The van der Waals surface area contributed by atoms with Gasteiger partial charge in [0.2, 0.25) is 0 Å². The van der Waals surface area contributed by atoms with E-state index in [0.29, 0.717) is 0 Å². The summed E-state index contributed by atoms with van der Waals surface area (Å²) in [6.07, 6.45) is 5.65. The molecule has 1 aromatic carbocycles. The van der Waals surface area contributed by atoms with E-state index in [1.807, 2.05) is 23.1 Å². The van der Waals surface area contributed by atoms with Gasteiger partial charge in [-0.1, -0.05) is 30.3 Å². The van der Waals surface area contributed by atoms with Crippen LogP contribution in [0.25, 0.3) is 0 Å². The number of hydrogen-bond acceptors (Lipinski definition) is 4. The number of nitrogens with one attached hydrogen (secondary N) is 1. The Morgan fingerprint density at radius 1 is 1.29 bits per heavy atom. The first-order chi connectivity index (χ1) is 10.2. The summed E-state index contributed by atoms with van der Waals surface area (Å²) in [4.78, 5) is 5.61. The summed E-state index contributed by atoms with van der Waals surface area (Å²) < 4.78 is 2.88. The molecule has 0 fully saturated rings. The Balaban J connectivity index is 1.65. The Labute approximate surface area is 136 Å². The molecule has 0 aliphatic carbocycles. The van der Waals surface area contributed by atoms with E-state index >= 15 is 0 Å². The lowest BCUT2D eigenvalue weighted by Crippen LogP contribution is -2.05. The standard InChI is InChI=1S/C15H15BrN4S/c1-11(12-5-3-2-4-6-12)19-15-17-8-14(21-15)10-20-9-13(16)7-18-20/h2-9,11H,10H2,1H3,(H,17,19). The highest BCUT2D eigenvalue weighted by Gasteiger charge is 2.08. The van der Waals surface area contributed by atoms with Crippen molar-refractivity contribution >= 4 is 32.4 Å². The second-order valence-electron chi connectivity index (χ2n) is 4.76. The zero-order valence-electron chi connectivity index (χ0n) is 11.5. The summed E-state index contributed by atoms with van der Waals surface area (Å²) in [7, 11) is 0. The maximum atomic E-state index is 4.44. The van der Waals surface area contributed by atoms with Crippen molar-refractivity contribution in [2.24, 2.45) is 0 Å². The van der Waals surface area contributed by atoms with Gasteiger partial charge < -0.3 is 5.32 Å². The van der Waals surface area contributed by atoms with Gasteiger partial charge in [-0.25, -0.2) is 4.98 Å². The molecule has 0 bridgehead atoms. The lowest BCUT2D eigenvalue weighted by atomic mass is 10.1. The second kappa shape index (κ2) is 6.41. The topological polar surface area (TPSA) is 42.7 Å². The monoisotopic (exact) mass is 362 g/mol. The fourth-order valence-corrected chi connectivity index (χ4v) is 3.26. The number of nitrogens with zero attached hydrogens (tertiary/aromatic N) is 3. The van der Waals surface area contributed by atoms with E-state index < -0.39 is 0 Å². The zero-order chi connectivity index (χ0) is 14.7. The molecule has 1 unspecified atom stereocenters. The highest BCUT2D eigenvalue weighted by atomic mass is 79.9. The van der Waals surface area contributed by atoms with Gasteiger partial charge in [-0.3, -0.25) is 4.68 Å². The number of anilines is 1.